The molecule has 0 heterocycles. The largest absolute Gasteiger partial charge is 0.465 e. The van der Waals surface area contributed by atoms with Gasteiger partial charge >= 0.3 is 11.9 Å². The number of rotatable bonds is 7. The second-order valence-corrected chi connectivity index (χ2v) is 8.66. The van der Waals surface area contributed by atoms with Gasteiger partial charge in [0.1, 0.15) is 6.04 Å². The summed E-state index contributed by atoms with van der Waals surface area (Å²) in [6.45, 7) is 3.27. The Labute approximate surface area is 181 Å². The summed E-state index contributed by atoms with van der Waals surface area (Å²) < 4.78 is 35.2. The lowest BCUT2D eigenvalue weighted by Crippen LogP contribution is -2.45. The summed E-state index contributed by atoms with van der Waals surface area (Å²) in [5.74, 6) is -2.12. The van der Waals surface area contributed by atoms with Crippen LogP contribution in [0, 0.1) is 6.92 Å². The maximum atomic E-state index is 13.0. The molecular formula is C21H24N2O7S. The Bertz CT molecular complexity index is 1100. The van der Waals surface area contributed by atoms with Crippen molar-refractivity contribution in [1.82, 2.24) is 0 Å². The van der Waals surface area contributed by atoms with Gasteiger partial charge in [-0.05, 0) is 44.2 Å². The molecule has 0 saturated carbocycles. The molecule has 0 unspecified atom stereocenters. The maximum Gasteiger partial charge on any atom is 0.339 e. The molecule has 9 nitrogen and oxygen atoms in total. The van der Waals surface area contributed by atoms with Gasteiger partial charge in [-0.3, -0.25) is 9.10 Å². The molecule has 2 rings (SSSR count). The van der Waals surface area contributed by atoms with E-state index < -0.39 is 33.9 Å². The fourth-order valence-corrected chi connectivity index (χ4v) is 4.09. The van der Waals surface area contributed by atoms with Crippen molar-refractivity contribution >= 4 is 39.2 Å². The molecule has 2 aromatic rings. The van der Waals surface area contributed by atoms with Crippen LogP contribution in [0.15, 0.2) is 42.5 Å². The van der Waals surface area contributed by atoms with Crippen molar-refractivity contribution in [2.24, 2.45) is 0 Å². The lowest BCUT2D eigenvalue weighted by molar-refractivity contribution is -0.116. The van der Waals surface area contributed by atoms with Crippen LogP contribution in [0.4, 0.5) is 11.4 Å². The van der Waals surface area contributed by atoms with Crippen LogP contribution in [-0.2, 0) is 24.3 Å². The minimum atomic E-state index is -3.82. The molecule has 0 aromatic heterocycles. The average Bonchev–Trinajstić information content (AvgIpc) is 2.73. The highest BCUT2D eigenvalue weighted by Gasteiger charge is 2.30. The van der Waals surface area contributed by atoms with Gasteiger partial charge in [-0.25, -0.2) is 18.0 Å². The Balaban J connectivity index is 2.44. The number of aryl methyl sites for hydroxylation is 1. The molecule has 0 spiro atoms. The SMILES string of the molecule is COC(=O)c1ccc(C(=O)OC)c(NC(=O)[C@@H](C)N(c2ccc(C)cc2)S(C)(=O)=O)c1. The number of hydrogen-bond acceptors (Lipinski definition) is 7. The van der Waals surface area contributed by atoms with E-state index in [-0.39, 0.29) is 16.8 Å². The van der Waals surface area contributed by atoms with E-state index in [1.54, 1.807) is 24.3 Å². The summed E-state index contributed by atoms with van der Waals surface area (Å²) in [6.07, 6.45) is 0.994. The predicted molar refractivity (Wildman–Crippen MR) is 116 cm³/mol. The van der Waals surface area contributed by atoms with Crippen LogP contribution >= 0.6 is 0 Å². The van der Waals surface area contributed by atoms with Crippen molar-refractivity contribution in [1.29, 1.82) is 0 Å². The summed E-state index contributed by atoms with van der Waals surface area (Å²) in [5, 5.41) is 2.52. The number of methoxy groups -OCH3 is 2. The zero-order chi connectivity index (χ0) is 23.3. The van der Waals surface area contributed by atoms with E-state index in [1.807, 2.05) is 6.92 Å². The Morgan fingerprint density at radius 3 is 2.06 bits per heavy atom. The molecule has 0 saturated heterocycles. The average molecular weight is 448 g/mol. The highest BCUT2D eigenvalue weighted by atomic mass is 32.2. The molecule has 0 radical (unpaired) electrons. The van der Waals surface area contributed by atoms with Crippen LogP contribution in [0.25, 0.3) is 0 Å². The summed E-state index contributed by atoms with van der Waals surface area (Å²) >= 11 is 0. The van der Waals surface area contributed by atoms with Crippen molar-refractivity contribution in [3.8, 4) is 0 Å². The fourth-order valence-electron chi connectivity index (χ4n) is 2.92. The van der Waals surface area contributed by atoms with Gasteiger partial charge in [0.25, 0.3) is 0 Å². The lowest BCUT2D eigenvalue weighted by atomic mass is 10.1. The predicted octanol–water partition coefficient (Wildman–Crippen LogP) is 2.36. The first-order chi connectivity index (χ1) is 14.5. The van der Waals surface area contributed by atoms with Crippen LogP contribution in [0.2, 0.25) is 0 Å². The molecule has 1 amide bonds. The van der Waals surface area contributed by atoms with Crippen molar-refractivity contribution < 1.29 is 32.3 Å². The summed E-state index contributed by atoms with van der Waals surface area (Å²) in [7, 11) is -1.45. The van der Waals surface area contributed by atoms with E-state index in [9.17, 15) is 22.8 Å². The van der Waals surface area contributed by atoms with Gasteiger partial charge in [0.2, 0.25) is 15.9 Å². The molecule has 31 heavy (non-hydrogen) atoms. The molecule has 1 N–H and O–H groups in total. The van der Waals surface area contributed by atoms with Crippen LogP contribution in [-0.4, -0.2) is 52.8 Å². The highest BCUT2D eigenvalue weighted by Crippen LogP contribution is 2.24. The Kier molecular flexibility index (Phi) is 7.40. The number of hydrogen-bond donors (Lipinski definition) is 1. The van der Waals surface area contributed by atoms with E-state index >= 15 is 0 Å². The number of esters is 2. The standard InChI is InChI=1S/C21H24N2O7S/c1-13-6-9-16(10-7-13)23(31(5,27)28)14(2)19(24)22-18-12-15(20(25)29-3)8-11-17(18)21(26)30-4/h6-12,14H,1-5H3,(H,22,24)/t14-/m1/s1. The van der Waals surface area contributed by atoms with Gasteiger partial charge < -0.3 is 14.8 Å². The molecule has 0 aliphatic rings. The van der Waals surface area contributed by atoms with Crippen LogP contribution < -0.4 is 9.62 Å². The number of benzene rings is 2. The molecular weight excluding hydrogens is 424 g/mol. The number of carbonyl (C=O) groups excluding carboxylic acids is 3. The summed E-state index contributed by atoms with van der Waals surface area (Å²) in [6, 6.07) is 9.42. The smallest absolute Gasteiger partial charge is 0.339 e. The van der Waals surface area contributed by atoms with Crippen molar-refractivity contribution in [3.63, 3.8) is 0 Å². The molecule has 0 aliphatic heterocycles. The lowest BCUT2D eigenvalue weighted by Gasteiger charge is -2.28. The van der Waals surface area contributed by atoms with Gasteiger partial charge in [-0.15, -0.1) is 0 Å². The van der Waals surface area contributed by atoms with Crippen molar-refractivity contribution in [2.75, 3.05) is 30.1 Å². The van der Waals surface area contributed by atoms with E-state index in [1.165, 1.54) is 39.3 Å². The van der Waals surface area contributed by atoms with E-state index in [4.69, 9.17) is 4.74 Å². The third-order valence-electron chi connectivity index (χ3n) is 4.48. The first-order valence-electron chi connectivity index (χ1n) is 9.17. The van der Waals surface area contributed by atoms with Gasteiger partial charge in [0.05, 0.1) is 43.0 Å². The van der Waals surface area contributed by atoms with Crippen molar-refractivity contribution in [3.05, 3.63) is 59.2 Å². The number of anilines is 2. The fraction of sp³-hybridized carbons (Fsp3) is 0.286. The minimum Gasteiger partial charge on any atom is -0.465 e. The number of sulfonamides is 1. The molecule has 1 atom stereocenters. The monoisotopic (exact) mass is 448 g/mol. The Morgan fingerprint density at radius 1 is 0.968 bits per heavy atom. The Hall–Kier alpha value is -3.40. The molecule has 0 bridgehead atoms. The summed E-state index contributed by atoms with van der Waals surface area (Å²) in [4.78, 5) is 36.9. The van der Waals surface area contributed by atoms with E-state index in [0.717, 1.165) is 16.1 Å². The third kappa shape index (κ3) is 5.60. The Morgan fingerprint density at radius 2 is 1.55 bits per heavy atom. The van der Waals surface area contributed by atoms with Gasteiger partial charge in [-0.2, -0.15) is 0 Å². The zero-order valence-corrected chi connectivity index (χ0v) is 18.6. The van der Waals surface area contributed by atoms with Gasteiger partial charge in [0.15, 0.2) is 0 Å². The number of amides is 1. The zero-order valence-electron chi connectivity index (χ0n) is 17.8. The molecule has 2 aromatic carbocycles. The highest BCUT2D eigenvalue weighted by molar-refractivity contribution is 7.92. The minimum absolute atomic E-state index is 0.00283. The summed E-state index contributed by atoms with van der Waals surface area (Å²) in [5.41, 5.74) is 1.32. The first kappa shape index (κ1) is 23.9. The number of nitrogens with zero attached hydrogens (tertiary/aromatic N) is 1. The first-order valence-corrected chi connectivity index (χ1v) is 11.0. The van der Waals surface area contributed by atoms with E-state index in [2.05, 4.69) is 10.1 Å². The quantitative estimate of drug-likeness (QED) is 0.646. The molecule has 0 fully saturated rings. The van der Waals surface area contributed by atoms with Gasteiger partial charge in [-0.1, -0.05) is 17.7 Å². The number of nitrogens with one attached hydrogen (secondary N) is 1. The van der Waals surface area contributed by atoms with Crippen LogP contribution in [0.3, 0.4) is 0 Å². The molecule has 10 heteroatoms. The second kappa shape index (κ2) is 9.61. The molecule has 166 valence electrons. The second-order valence-electron chi connectivity index (χ2n) is 6.80. The molecule has 0 aliphatic carbocycles. The normalized spacial score (nSPS) is 11.9. The number of carbonyl (C=O) groups is 3. The van der Waals surface area contributed by atoms with Crippen LogP contribution in [0.1, 0.15) is 33.2 Å². The van der Waals surface area contributed by atoms with Crippen LogP contribution in [0.5, 0.6) is 0 Å². The van der Waals surface area contributed by atoms with Crippen molar-refractivity contribution in [2.45, 2.75) is 19.9 Å². The van der Waals surface area contributed by atoms with Gasteiger partial charge in [0, 0.05) is 0 Å². The third-order valence-corrected chi connectivity index (χ3v) is 5.72. The topological polar surface area (TPSA) is 119 Å². The van der Waals surface area contributed by atoms with E-state index in [0.29, 0.717) is 5.69 Å². The maximum absolute atomic E-state index is 13.0. The number of ether oxygens (including phenoxy) is 2.